The first-order valence-corrected chi connectivity index (χ1v) is 4.16. The van der Waals surface area contributed by atoms with Crippen molar-refractivity contribution in [3.05, 3.63) is 35.4 Å². The third kappa shape index (κ3) is 4.25. The second-order valence-electron chi connectivity index (χ2n) is 3.07. The van der Waals surface area contributed by atoms with Gasteiger partial charge in [0.05, 0.1) is 0 Å². The Bertz CT molecular complexity index is 292. The predicted molar refractivity (Wildman–Crippen MR) is 57.8 cm³/mol. The van der Waals surface area contributed by atoms with Crippen LogP contribution in [0.4, 0.5) is 0 Å². The number of carbonyl (C=O) groups is 1. The van der Waals surface area contributed by atoms with Crippen LogP contribution in [-0.2, 0) is 11.2 Å². The first-order chi connectivity index (χ1) is 6.11. The Morgan fingerprint density at radius 3 is 2.00 bits per heavy atom. The summed E-state index contributed by atoms with van der Waals surface area (Å²) in [7, 11) is 0. The SMILES string of the molecule is CC(N)C(=O)O.Cl.c1ccc2c(c1)C2. The van der Waals surface area contributed by atoms with Crippen LogP contribution in [0.3, 0.4) is 0 Å². The first kappa shape index (κ1) is 12.9. The van der Waals surface area contributed by atoms with Gasteiger partial charge in [0, 0.05) is 0 Å². The number of aliphatic carboxylic acids is 1. The second-order valence-corrected chi connectivity index (χ2v) is 3.07. The molecule has 1 aromatic carbocycles. The highest BCUT2D eigenvalue weighted by Crippen LogP contribution is 2.25. The van der Waals surface area contributed by atoms with E-state index >= 15 is 0 Å². The average molecular weight is 216 g/mol. The van der Waals surface area contributed by atoms with Crippen LogP contribution in [0.25, 0.3) is 0 Å². The number of halogens is 1. The van der Waals surface area contributed by atoms with Crippen molar-refractivity contribution < 1.29 is 9.90 Å². The van der Waals surface area contributed by atoms with Gasteiger partial charge in [-0.3, -0.25) is 4.79 Å². The molecule has 2 rings (SSSR count). The Kier molecular flexibility index (Phi) is 5.20. The maximum Gasteiger partial charge on any atom is 0.320 e. The van der Waals surface area contributed by atoms with Crippen LogP contribution in [-0.4, -0.2) is 17.1 Å². The summed E-state index contributed by atoms with van der Waals surface area (Å²) in [4.78, 5) is 9.57. The standard InChI is InChI=1S/C7H6.C3H7NO2.ClH/c1-2-4-7-5-6(7)3-1;1-2(4)3(5)6;/h1-4H,5H2;2H,4H2,1H3,(H,5,6);1H. The summed E-state index contributed by atoms with van der Waals surface area (Å²) < 4.78 is 0. The molecule has 0 amide bonds. The molecule has 0 fully saturated rings. The number of carboxylic acids is 1. The molecule has 4 heteroatoms. The molecular weight excluding hydrogens is 202 g/mol. The number of rotatable bonds is 1. The Morgan fingerprint density at radius 1 is 1.43 bits per heavy atom. The summed E-state index contributed by atoms with van der Waals surface area (Å²) in [5, 5.41) is 7.87. The van der Waals surface area contributed by atoms with E-state index in [1.54, 1.807) is 0 Å². The van der Waals surface area contributed by atoms with Crippen molar-refractivity contribution in [1.82, 2.24) is 0 Å². The maximum atomic E-state index is 9.57. The van der Waals surface area contributed by atoms with Crippen molar-refractivity contribution in [2.24, 2.45) is 5.73 Å². The summed E-state index contributed by atoms with van der Waals surface area (Å²) in [6, 6.07) is 7.80. The van der Waals surface area contributed by atoms with Crippen LogP contribution in [0.5, 0.6) is 0 Å². The molecule has 0 radical (unpaired) electrons. The van der Waals surface area contributed by atoms with Gasteiger partial charge in [-0.2, -0.15) is 0 Å². The van der Waals surface area contributed by atoms with Gasteiger partial charge in [-0.25, -0.2) is 0 Å². The minimum Gasteiger partial charge on any atom is -0.480 e. The van der Waals surface area contributed by atoms with E-state index in [2.05, 4.69) is 24.3 Å². The first-order valence-electron chi connectivity index (χ1n) is 4.16. The zero-order chi connectivity index (χ0) is 9.84. The Balaban J connectivity index is 0.000000230. The van der Waals surface area contributed by atoms with Crippen molar-refractivity contribution in [1.29, 1.82) is 0 Å². The third-order valence-corrected chi connectivity index (χ3v) is 1.76. The van der Waals surface area contributed by atoms with Crippen molar-refractivity contribution >= 4 is 18.4 Å². The molecule has 0 bridgehead atoms. The molecule has 0 saturated carbocycles. The second kappa shape index (κ2) is 5.62. The molecule has 3 N–H and O–H groups in total. The van der Waals surface area contributed by atoms with Crippen LogP contribution in [0.1, 0.15) is 18.1 Å². The van der Waals surface area contributed by atoms with Crippen LogP contribution in [0.15, 0.2) is 24.3 Å². The monoisotopic (exact) mass is 215 g/mol. The Morgan fingerprint density at radius 2 is 1.79 bits per heavy atom. The van der Waals surface area contributed by atoms with E-state index in [4.69, 9.17) is 10.8 Å². The number of fused-ring (bicyclic) bond motifs is 1. The molecule has 14 heavy (non-hydrogen) atoms. The summed E-state index contributed by atoms with van der Waals surface area (Å²) in [6.07, 6.45) is 1.24. The molecule has 1 atom stereocenters. The number of nitrogens with two attached hydrogens (primary N) is 1. The fourth-order valence-corrected chi connectivity index (χ4v) is 0.836. The lowest BCUT2D eigenvalue weighted by molar-refractivity contribution is -0.138. The molecule has 0 heterocycles. The molecule has 0 aromatic heterocycles. The van der Waals surface area contributed by atoms with Gasteiger partial charge in [-0.1, -0.05) is 24.3 Å². The summed E-state index contributed by atoms with van der Waals surface area (Å²) in [6.45, 7) is 1.42. The molecule has 0 aliphatic heterocycles. The van der Waals surface area contributed by atoms with Gasteiger partial charge in [-0.05, 0) is 24.5 Å². The Hall–Kier alpha value is -1.06. The van der Waals surface area contributed by atoms with Gasteiger partial charge >= 0.3 is 5.97 Å². The van der Waals surface area contributed by atoms with E-state index in [1.165, 1.54) is 24.5 Å². The van der Waals surface area contributed by atoms with Crippen molar-refractivity contribution in [3.63, 3.8) is 0 Å². The highest BCUT2D eigenvalue weighted by molar-refractivity contribution is 5.85. The zero-order valence-electron chi connectivity index (χ0n) is 7.93. The number of hydrogen-bond donors (Lipinski definition) is 2. The highest BCUT2D eigenvalue weighted by Gasteiger charge is 2.12. The Labute approximate surface area is 89.3 Å². The van der Waals surface area contributed by atoms with Gasteiger partial charge in [0.2, 0.25) is 0 Å². The molecule has 0 saturated heterocycles. The molecule has 1 aromatic rings. The molecule has 0 spiro atoms. The molecular formula is C10H14ClNO2. The molecule has 1 aliphatic rings. The van der Waals surface area contributed by atoms with Crippen LogP contribution < -0.4 is 5.73 Å². The largest absolute Gasteiger partial charge is 0.480 e. The van der Waals surface area contributed by atoms with E-state index < -0.39 is 12.0 Å². The fraction of sp³-hybridized carbons (Fsp3) is 0.300. The van der Waals surface area contributed by atoms with Gasteiger partial charge < -0.3 is 10.8 Å². The van der Waals surface area contributed by atoms with Gasteiger partial charge in [0.15, 0.2) is 0 Å². The normalized spacial score (nSPS) is 12.4. The van der Waals surface area contributed by atoms with E-state index in [-0.39, 0.29) is 12.4 Å². The quantitative estimate of drug-likeness (QED) is 0.757. The van der Waals surface area contributed by atoms with E-state index in [0.717, 1.165) is 0 Å². The number of benzene rings is 1. The summed E-state index contributed by atoms with van der Waals surface area (Å²) in [5.74, 6) is -0.963. The predicted octanol–water partition coefficient (Wildman–Crippen LogP) is 1.43. The number of carboxylic acid groups (broad SMARTS) is 1. The maximum absolute atomic E-state index is 9.57. The lowest BCUT2D eigenvalue weighted by Gasteiger charge is -1.90. The van der Waals surface area contributed by atoms with Gasteiger partial charge in [-0.15, -0.1) is 12.4 Å². The zero-order valence-corrected chi connectivity index (χ0v) is 8.75. The molecule has 3 nitrogen and oxygen atoms in total. The van der Waals surface area contributed by atoms with Crippen LogP contribution >= 0.6 is 12.4 Å². The van der Waals surface area contributed by atoms with E-state index in [1.807, 2.05) is 0 Å². The summed E-state index contributed by atoms with van der Waals surface area (Å²) >= 11 is 0. The van der Waals surface area contributed by atoms with Crippen LogP contribution in [0, 0.1) is 0 Å². The van der Waals surface area contributed by atoms with Crippen LogP contribution in [0.2, 0.25) is 0 Å². The minimum atomic E-state index is -0.963. The van der Waals surface area contributed by atoms with Crippen molar-refractivity contribution in [3.8, 4) is 0 Å². The van der Waals surface area contributed by atoms with Crippen molar-refractivity contribution in [2.75, 3.05) is 0 Å². The topological polar surface area (TPSA) is 63.3 Å². The highest BCUT2D eigenvalue weighted by atomic mass is 35.5. The number of hydrogen-bond acceptors (Lipinski definition) is 2. The van der Waals surface area contributed by atoms with Gasteiger partial charge in [0.1, 0.15) is 6.04 Å². The van der Waals surface area contributed by atoms with E-state index in [0.29, 0.717) is 0 Å². The van der Waals surface area contributed by atoms with Gasteiger partial charge in [0.25, 0.3) is 0 Å². The molecule has 1 unspecified atom stereocenters. The smallest absolute Gasteiger partial charge is 0.320 e. The average Bonchev–Trinajstić information content (AvgIpc) is 2.83. The van der Waals surface area contributed by atoms with E-state index in [9.17, 15) is 4.79 Å². The molecule has 1 aliphatic carbocycles. The fourth-order valence-electron chi connectivity index (χ4n) is 0.836. The van der Waals surface area contributed by atoms with Crippen molar-refractivity contribution in [2.45, 2.75) is 19.4 Å². The summed E-state index contributed by atoms with van der Waals surface area (Å²) in [5.41, 5.74) is 7.90. The lowest BCUT2D eigenvalue weighted by Crippen LogP contribution is -2.25. The molecule has 78 valence electrons. The minimum absolute atomic E-state index is 0. The third-order valence-electron chi connectivity index (χ3n) is 1.76. The lowest BCUT2D eigenvalue weighted by atomic mass is 10.4.